The Labute approximate surface area is 170 Å². The van der Waals surface area contributed by atoms with E-state index in [2.05, 4.69) is 5.32 Å². The molecule has 4 rings (SSSR count). The minimum absolute atomic E-state index is 0.104. The maximum atomic E-state index is 13.0. The van der Waals surface area contributed by atoms with Crippen LogP contribution in [0.3, 0.4) is 0 Å². The van der Waals surface area contributed by atoms with Crippen LogP contribution in [0.2, 0.25) is 0 Å². The molecule has 8 heteroatoms. The zero-order valence-electron chi connectivity index (χ0n) is 16.0. The lowest BCUT2D eigenvalue weighted by Crippen LogP contribution is -2.50. The molecule has 0 saturated carbocycles. The summed E-state index contributed by atoms with van der Waals surface area (Å²) >= 11 is 0. The smallest absolute Gasteiger partial charge is 0.243 e. The second-order valence-electron chi connectivity index (χ2n) is 7.05. The zero-order valence-corrected chi connectivity index (χ0v) is 16.8. The van der Waals surface area contributed by atoms with Gasteiger partial charge in [-0.1, -0.05) is 30.3 Å². The van der Waals surface area contributed by atoms with Crippen molar-refractivity contribution in [2.75, 3.05) is 32.7 Å². The van der Waals surface area contributed by atoms with Crippen LogP contribution < -0.4 is 5.32 Å². The van der Waals surface area contributed by atoms with Gasteiger partial charge in [0.15, 0.2) is 0 Å². The maximum Gasteiger partial charge on any atom is 0.243 e. The largest absolute Gasteiger partial charge is 0.467 e. The average Bonchev–Trinajstić information content (AvgIpc) is 3.26. The van der Waals surface area contributed by atoms with Gasteiger partial charge in [-0.3, -0.25) is 9.69 Å². The van der Waals surface area contributed by atoms with Crippen LogP contribution in [0.5, 0.6) is 0 Å². The van der Waals surface area contributed by atoms with Crippen LogP contribution in [0, 0.1) is 0 Å². The molecule has 1 fully saturated rings. The predicted octanol–water partition coefficient (Wildman–Crippen LogP) is 2.06. The fourth-order valence-electron chi connectivity index (χ4n) is 3.46. The van der Waals surface area contributed by atoms with Crippen molar-refractivity contribution in [2.45, 2.75) is 11.4 Å². The first-order valence-corrected chi connectivity index (χ1v) is 11.0. The molecule has 1 N–H and O–H groups in total. The van der Waals surface area contributed by atoms with Crippen LogP contribution in [0.1, 0.15) is 5.76 Å². The molecule has 1 aromatic heterocycles. The molecule has 0 spiro atoms. The maximum absolute atomic E-state index is 13.0. The first-order valence-electron chi connectivity index (χ1n) is 9.53. The van der Waals surface area contributed by atoms with E-state index in [4.69, 9.17) is 4.42 Å². The second kappa shape index (κ2) is 8.36. The number of piperazine rings is 1. The van der Waals surface area contributed by atoms with E-state index in [0.717, 1.165) is 10.8 Å². The van der Waals surface area contributed by atoms with Crippen LogP contribution in [0.15, 0.2) is 70.2 Å². The molecule has 1 saturated heterocycles. The first kappa shape index (κ1) is 19.6. The van der Waals surface area contributed by atoms with Gasteiger partial charge in [0.1, 0.15) is 5.76 Å². The third-order valence-corrected chi connectivity index (χ3v) is 6.99. The van der Waals surface area contributed by atoms with Crippen molar-refractivity contribution >= 4 is 26.7 Å². The van der Waals surface area contributed by atoms with E-state index in [1.54, 1.807) is 30.5 Å². The number of hydrogen-bond donors (Lipinski definition) is 1. The molecule has 1 aliphatic rings. The quantitative estimate of drug-likeness (QED) is 0.669. The second-order valence-corrected chi connectivity index (χ2v) is 8.98. The molecular formula is C21H23N3O4S. The number of sulfonamides is 1. The minimum atomic E-state index is -3.55. The lowest BCUT2D eigenvalue weighted by molar-refractivity contribution is -0.122. The summed E-state index contributed by atoms with van der Waals surface area (Å²) in [6.07, 6.45) is 1.57. The van der Waals surface area contributed by atoms with Gasteiger partial charge in [0.25, 0.3) is 0 Å². The molecular weight excluding hydrogens is 390 g/mol. The number of furan rings is 1. The van der Waals surface area contributed by atoms with Gasteiger partial charge >= 0.3 is 0 Å². The van der Waals surface area contributed by atoms with Crippen LogP contribution in [-0.2, 0) is 21.4 Å². The molecule has 3 aromatic rings. The Morgan fingerprint density at radius 3 is 2.45 bits per heavy atom. The summed E-state index contributed by atoms with van der Waals surface area (Å²) in [6, 6.07) is 16.5. The van der Waals surface area contributed by atoms with E-state index in [-0.39, 0.29) is 12.5 Å². The van der Waals surface area contributed by atoms with Gasteiger partial charge in [0.2, 0.25) is 15.9 Å². The first-order chi connectivity index (χ1) is 14.0. The molecule has 0 radical (unpaired) electrons. The van der Waals surface area contributed by atoms with E-state index in [9.17, 15) is 13.2 Å². The Kier molecular flexibility index (Phi) is 5.66. The summed E-state index contributed by atoms with van der Waals surface area (Å²) in [6.45, 7) is 2.34. The van der Waals surface area contributed by atoms with Gasteiger partial charge in [0.05, 0.1) is 24.2 Å². The number of carbonyl (C=O) groups excluding carboxylic acids is 1. The van der Waals surface area contributed by atoms with E-state index in [1.165, 1.54) is 4.31 Å². The molecule has 1 amide bonds. The lowest BCUT2D eigenvalue weighted by Gasteiger charge is -2.33. The lowest BCUT2D eigenvalue weighted by atomic mass is 10.1. The minimum Gasteiger partial charge on any atom is -0.467 e. The topological polar surface area (TPSA) is 82.9 Å². The fraction of sp³-hybridized carbons (Fsp3) is 0.286. The highest BCUT2D eigenvalue weighted by atomic mass is 32.2. The summed E-state index contributed by atoms with van der Waals surface area (Å²) in [7, 11) is -3.55. The SMILES string of the molecule is O=C(CN1CCN(S(=O)(=O)c2ccc3ccccc3c2)CC1)NCc1ccco1. The zero-order chi connectivity index (χ0) is 20.3. The normalized spacial score (nSPS) is 16.1. The van der Waals surface area contributed by atoms with Crippen molar-refractivity contribution in [3.63, 3.8) is 0 Å². The highest BCUT2D eigenvalue weighted by Gasteiger charge is 2.29. The van der Waals surface area contributed by atoms with E-state index < -0.39 is 10.0 Å². The Morgan fingerprint density at radius 2 is 1.72 bits per heavy atom. The summed E-state index contributed by atoms with van der Waals surface area (Å²) in [4.78, 5) is 14.4. The standard InChI is InChI=1S/C21H23N3O4S/c25-21(22-15-19-6-3-13-28-19)16-23-9-11-24(12-10-23)29(26,27)20-8-7-17-4-1-2-5-18(17)14-20/h1-8,13-14H,9-12,15-16H2,(H,22,25). The van der Waals surface area contributed by atoms with Gasteiger partial charge in [0, 0.05) is 26.2 Å². The van der Waals surface area contributed by atoms with Crippen molar-refractivity contribution in [2.24, 2.45) is 0 Å². The monoisotopic (exact) mass is 413 g/mol. The Morgan fingerprint density at radius 1 is 0.966 bits per heavy atom. The molecule has 7 nitrogen and oxygen atoms in total. The number of fused-ring (bicyclic) bond motifs is 1. The summed E-state index contributed by atoms with van der Waals surface area (Å²) in [5.74, 6) is 0.594. The summed E-state index contributed by atoms with van der Waals surface area (Å²) < 4.78 is 32.7. The van der Waals surface area contributed by atoms with E-state index in [0.29, 0.717) is 43.4 Å². The van der Waals surface area contributed by atoms with E-state index in [1.807, 2.05) is 35.2 Å². The van der Waals surface area contributed by atoms with E-state index >= 15 is 0 Å². The van der Waals surface area contributed by atoms with Crippen LogP contribution >= 0.6 is 0 Å². The highest BCUT2D eigenvalue weighted by Crippen LogP contribution is 2.22. The number of benzene rings is 2. The Balaban J connectivity index is 1.33. The third-order valence-electron chi connectivity index (χ3n) is 5.10. The Hall–Kier alpha value is -2.68. The number of nitrogens with zero attached hydrogens (tertiary/aromatic N) is 2. The van der Waals surface area contributed by atoms with Crippen molar-refractivity contribution in [3.05, 3.63) is 66.6 Å². The fourth-order valence-corrected chi connectivity index (χ4v) is 4.92. The number of nitrogens with one attached hydrogen (secondary N) is 1. The van der Waals surface area contributed by atoms with Gasteiger partial charge in [-0.25, -0.2) is 8.42 Å². The molecule has 0 bridgehead atoms. The van der Waals surface area contributed by atoms with Crippen molar-refractivity contribution < 1.29 is 17.6 Å². The van der Waals surface area contributed by atoms with Crippen LogP contribution in [-0.4, -0.2) is 56.3 Å². The van der Waals surface area contributed by atoms with Crippen molar-refractivity contribution in [3.8, 4) is 0 Å². The number of rotatable bonds is 6. The predicted molar refractivity (Wildman–Crippen MR) is 110 cm³/mol. The number of carbonyl (C=O) groups is 1. The van der Waals surface area contributed by atoms with Crippen molar-refractivity contribution in [1.29, 1.82) is 0 Å². The Bertz CT molecular complexity index is 1090. The molecule has 0 unspecified atom stereocenters. The van der Waals surface area contributed by atoms with Gasteiger partial charge in [-0.15, -0.1) is 0 Å². The van der Waals surface area contributed by atoms with Gasteiger partial charge in [-0.05, 0) is 35.0 Å². The van der Waals surface area contributed by atoms with Crippen LogP contribution in [0.4, 0.5) is 0 Å². The molecule has 0 aliphatic carbocycles. The average molecular weight is 413 g/mol. The molecule has 29 heavy (non-hydrogen) atoms. The molecule has 2 aromatic carbocycles. The van der Waals surface area contributed by atoms with Gasteiger partial charge in [-0.2, -0.15) is 4.31 Å². The number of hydrogen-bond acceptors (Lipinski definition) is 5. The molecule has 0 atom stereocenters. The van der Waals surface area contributed by atoms with Crippen molar-refractivity contribution in [1.82, 2.24) is 14.5 Å². The molecule has 1 aliphatic heterocycles. The third kappa shape index (κ3) is 4.50. The molecule has 2 heterocycles. The summed E-state index contributed by atoms with van der Waals surface area (Å²) in [5.41, 5.74) is 0. The number of amides is 1. The van der Waals surface area contributed by atoms with Gasteiger partial charge < -0.3 is 9.73 Å². The molecule has 152 valence electrons. The highest BCUT2D eigenvalue weighted by molar-refractivity contribution is 7.89. The van der Waals surface area contributed by atoms with Crippen LogP contribution in [0.25, 0.3) is 10.8 Å². The summed E-state index contributed by atoms with van der Waals surface area (Å²) in [5, 5.41) is 4.72.